The molecule has 16 heavy (non-hydrogen) atoms. The summed E-state index contributed by atoms with van der Waals surface area (Å²) in [6, 6.07) is 0. The second-order valence-electron chi connectivity index (χ2n) is 3.68. The number of aromatic nitrogens is 2. The lowest BCUT2D eigenvalue weighted by molar-refractivity contribution is -0.144. The van der Waals surface area contributed by atoms with Crippen LogP contribution in [0.25, 0.3) is 0 Å². The van der Waals surface area contributed by atoms with Gasteiger partial charge in [-0.15, -0.1) is 0 Å². The summed E-state index contributed by atoms with van der Waals surface area (Å²) in [5, 5.41) is 4.18. The number of nitrogens with zero attached hydrogens (tertiary/aromatic N) is 3. The van der Waals surface area contributed by atoms with Gasteiger partial charge >= 0.3 is 5.97 Å². The van der Waals surface area contributed by atoms with Crippen LogP contribution in [-0.2, 0) is 22.6 Å². The summed E-state index contributed by atoms with van der Waals surface area (Å²) < 4.78 is 6.74. The normalized spacial score (nSPS) is 10.8. The van der Waals surface area contributed by atoms with Crippen LogP contribution in [0.2, 0.25) is 0 Å². The maximum atomic E-state index is 11.2. The lowest BCUT2D eigenvalue weighted by Gasteiger charge is -2.13. The molecular formula is C11H19N3O2. The fourth-order valence-corrected chi connectivity index (χ4v) is 1.46. The van der Waals surface area contributed by atoms with Crippen molar-refractivity contribution < 1.29 is 9.53 Å². The van der Waals surface area contributed by atoms with Crippen LogP contribution < -0.4 is 0 Å². The Balaban J connectivity index is 2.38. The molecular weight excluding hydrogens is 206 g/mol. The molecule has 1 heterocycles. The highest BCUT2D eigenvalue weighted by molar-refractivity contribution is 5.71. The number of aryl methyl sites for hydroxylation is 1. The van der Waals surface area contributed by atoms with Gasteiger partial charge in [-0.1, -0.05) is 0 Å². The van der Waals surface area contributed by atoms with E-state index in [1.165, 1.54) is 0 Å². The molecule has 0 amide bonds. The van der Waals surface area contributed by atoms with E-state index in [1.807, 2.05) is 42.9 Å². The number of hydrogen-bond acceptors (Lipinski definition) is 4. The first-order valence-corrected chi connectivity index (χ1v) is 5.51. The molecule has 0 unspecified atom stereocenters. The first-order valence-electron chi connectivity index (χ1n) is 5.51. The van der Waals surface area contributed by atoms with Crippen LogP contribution in [0.1, 0.15) is 19.4 Å². The van der Waals surface area contributed by atoms with Gasteiger partial charge in [-0.25, -0.2) is 0 Å². The minimum absolute atomic E-state index is 0.187. The van der Waals surface area contributed by atoms with E-state index >= 15 is 0 Å². The van der Waals surface area contributed by atoms with E-state index in [1.54, 1.807) is 0 Å². The number of likely N-dealkylation sites (N-methyl/N-ethyl adjacent to an activating group) is 1. The molecule has 0 saturated heterocycles. The van der Waals surface area contributed by atoms with E-state index in [-0.39, 0.29) is 5.97 Å². The molecule has 0 atom stereocenters. The number of esters is 1. The highest BCUT2D eigenvalue weighted by Gasteiger charge is 2.08. The maximum Gasteiger partial charge on any atom is 0.320 e. The second kappa shape index (κ2) is 6.27. The summed E-state index contributed by atoms with van der Waals surface area (Å²) in [6.45, 7) is 6.16. The van der Waals surface area contributed by atoms with Gasteiger partial charge in [0.25, 0.3) is 0 Å². The molecule has 0 radical (unpaired) electrons. The molecule has 1 rings (SSSR count). The summed E-state index contributed by atoms with van der Waals surface area (Å²) >= 11 is 0. The molecule has 0 aromatic carbocycles. The Morgan fingerprint density at radius 3 is 2.88 bits per heavy atom. The Hall–Kier alpha value is -1.36. The lowest BCUT2D eigenvalue weighted by Crippen LogP contribution is -2.26. The summed E-state index contributed by atoms with van der Waals surface area (Å²) in [5.74, 6) is -0.187. The predicted octanol–water partition coefficient (Wildman–Crippen LogP) is 0.898. The molecule has 0 saturated carbocycles. The minimum atomic E-state index is -0.187. The highest BCUT2D eigenvalue weighted by Crippen LogP contribution is 2.02. The Bertz CT molecular complexity index is 336. The van der Waals surface area contributed by atoms with Gasteiger partial charge < -0.3 is 4.74 Å². The zero-order valence-corrected chi connectivity index (χ0v) is 10.1. The fraction of sp³-hybridized carbons (Fsp3) is 0.636. The number of carbonyl (C=O) groups is 1. The van der Waals surface area contributed by atoms with Crippen molar-refractivity contribution in [2.45, 2.75) is 26.9 Å². The third kappa shape index (κ3) is 4.02. The standard InChI is InChI=1S/C11H19N3O2/c1-4-14-8-10(6-12-14)7-13(3)9-11(15)16-5-2/h6,8H,4-5,7,9H2,1-3H3. The molecule has 0 N–H and O–H groups in total. The minimum Gasteiger partial charge on any atom is -0.465 e. The number of carbonyl (C=O) groups excluding carboxylic acids is 1. The summed E-state index contributed by atoms with van der Waals surface area (Å²) in [4.78, 5) is 13.1. The van der Waals surface area contributed by atoms with Gasteiger partial charge in [0.1, 0.15) is 0 Å². The van der Waals surface area contributed by atoms with Crippen LogP contribution in [0.15, 0.2) is 12.4 Å². The zero-order chi connectivity index (χ0) is 12.0. The molecule has 0 spiro atoms. The quantitative estimate of drug-likeness (QED) is 0.675. The van der Waals surface area contributed by atoms with Crippen molar-refractivity contribution in [1.29, 1.82) is 0 Å². The van der Waals surface area contributed by atoms with Crippen molar-refractivity contribution in [2.24, 2.45) is 0 Å². The average Bonchev–Trinajstić information content (AvgIpc) is 2.65. The number of ether oxygens (including phenoxy) is 1. The van der Waals surface area contributed by atoms with E-state index in [0.29, 0.717) is 19.7 Å². The van der Waals surface area contributed by atoms with Crippen LogP contribution in [0.5, 0.6) is 0 Å². The van der Waals surface area contributed by atoms with Gasteiger partial charge in [0.05, 0.1) is 19.3 Å². The van der Waals surface area contributed by atoms with Crippen LogP contribution in [0.3, 0.4) is 0 Å². The van der Waals surface area contributed by atoms with Gasteiger partial charge in [0.2, 0.25) is 0 Å². The predicted molar refractivity (Wildman–Crippen MR) is 60.9 cm³/mol. The van der Waals surface area contributed by atoms with E-state index in [9.17, 15) is 4.79 Å². The number of hydrogen-bond donors (Lipinski definition) is 0. The van der Waals surface area contributed by atoms with Crippen molar-refractivity contribution in [3.63, 3.8) is 0 Å². The summed E-state index contributed by atoms with van der Waals surface area (Å²) in [6.07, 6.45) is 3.81. The largest absolute Gasteiger partial charge is 0.465 e. The Morgan fingerprint density at radius 2 is 2.31 bits per heavy atom. The molecule has 5 nitrogen and oxygen atoms in total. The van der Waals surface area contributed by atoms with Gasteiger partial charge in [-0.2, -0.15) is 5.10 Å². The molecule has 1 aromatic rings. The van der Waals surface area contributed by atoms with Crippen LogP contribution in [0, 0.1) is 0 Å². The zero-order valence-electron chi connectivity index (χ0n) is 10.1. The first kappa shape index (κ1) is 12.7. The van der Waals surface area contributed by atoms with Gasteiger partial charge in [0, 0.05) is 24.8 Å². The Labute approximate surface area is 96.0 Å². The molecule has 90 valence electrons. The van der Waals surface area contributed by atoms with Crippen molar-refractivity contribution >= 4 is 5.97 Å². The monoisotopic (exact) mass is 225 g/mol. The van der Waals surface area contributed by atoms with Crippen molar-refractivity contribution in [3.05, 3.63) is 18.0 Å². The first-order chi connectivity index (χ1) is 7.65. The van der Waals surface area contributed by atoms with E-state index < -0.39 is 0 Å². The molecule has 0 aliphatic heterocycles. The number of rotatable bonds is 6. The van der Waals surface area contributed by atoms with Crippen LogP contribution >= 0.6 is 0 Å². The van der Waals surface area contributed by atoms with Crippen LogP contribution in [-0.4, -0.2) is 40.8 Å². The van der Waals surface area contributed by atoms with Crippen LogP contribution in [0.4, 0.5) is 0 Å². The van der Waals surface area contributed by atoms with E-state index in [0.717, 1.165) is 12.1 Å². The second-order valence-corrected chi connectivity index (χ2v) is 3.68. The molecule has 1 aromatic heterocycles. The third-order valence-electron chi connectivity index (χ3n) is 2.17. The molecule has 0 bridgehead atoms. The Morgan fingerprint density at radius 1 is 1.56 bits per heavy atom. The highest BCUT2D eigenvalue weighted by atomic mass is 16.5. The molecule has 0 aliphatic carbocycles. The van der Waals surface area contributed by atoms with E-state index in [2.05, 4.69) is 5.10 Å². The van der Waals surface area contributed by atoms with E-state index in [4.69, 9.17) is 4.74 Å². The SMILES string of the molecule is CCOC(=O)CN(C)Cc1cnn(CC)c1. The topological polar surface area (TPSA) is 47.4 Å². The van der Waals surface area contributed by atoms with Crippen molar-refractivity contribution in [3.8, 4) is 0 Å². The summed E-state index contributed by atoms with van der Waals surface area (Å²) in [7, 11) is 1.89. The third-order valence-corrected chi connectivity index (χ3v) is 2.17. The van der Waals surface area contributed by atoms with Gasteiger partial charge in [-0.3, -0.25) is 14.4 Å². The molecule has 5 heteroatoms. The lowest BCUT2D eigenvalue weighted by atomic mass is 10.3. The van der Waals surface area contributed by atoms with Gasteiger partial charge in [-0.05, 0) is 20.9 Å². The Kier molecular flexibility index (Phi) is 4.98. The smallest absolute Gasteiger partial charge is 0.320 e. The summed E-state index contributed by atoms with van der Waals surface area (Å²) in [5.41, 5.74) is 1.11. The maximum absolute atomic E-state index is 11.2. The van der Waals surface area contributed by atoms with Gasteiger partial charge in [0.15, 0.2) is 0 Å². The van der Waals surface area contributed by atoms with Crippen molar-refractivity contribution in [1.82, 2.24) is 14.7 Å². The van der Waals surface area contributed by atoms with Crippen molar-refractivity contribution in [2.75, 3.05) is 20.2 Å². The average molecular weight is 225 g/mol. The molecule has 0 aliphatic rings. The molecule has 0 fully saturated rings. The fourth-order valence-electron chi connectivity index (χ4n) is 1.46.